The lowest BCUT2D eigenvalue weighted by Gasteiger charge is -2.38. The maximum absolute atomic E-state index is 11.7. The molecule has 0 bridgehead atoms. The zero-order valence-corrected chi connectivity index (χ0v) is 17.5. The highest BCUT2D eigenvalue weighted by Gasteiger charge is 2.31. The Hall–Kier alpha value is -1.77. The van der Waals surface area contributed by atoms with E-state index in [1.165, 1.54) is 10.4 Å². The first kappa shape index (κ1) is 19.2. The summed E-state index contributed by atoms with van der Waals surface area (Å²) in [7, 11) is 0. The Morgan fingerprint density at radius 1 is 1.17 bits per heavy atom. The van der Waals surface area contributed by atoms with Crippen molar-refractivity contribution >= 4 is 27.5 Å². The Balaban J connectivity index is 1.31. The minimum atomic E-state index is -0.212. The Morgan fingerprint density at radius 2 is 1.97 bits per heavy atom. The second kappa shape index (κ2) is 8.16. The number of hydrogen-bond acceptors (Lipinski definition) is 7. The highest BCUT2D eigenvalue weighted by Crippen LogP contribution is 2.41. The third kappa shape index (κ3) is 3.85. The van der Waals surface area contributed by atoms with Crippen LogP contribution in [0.5, 0.6) is 5.88 Å². The fourth-order valence-electron chi connectivity index (χ4n) is 5.04. The fourth-order valence-corrected chi connectivity index (χ4v) is 6.21. The molecule has 2 aromatic heterocycles. The van der Waals surface area contributed by atoms with Crippen molar-refractivity contribution in [2.75, 3.05) is 26.3 Å². The zero-order chi connectivity index (χ0) is 19.8. The number of carbonyl (C=O) groups excluding carboxylic acids is 1. The molecule has 156 valence electrons. The van der Waals surface area contributed by atoms with Crippen molar-refractivity contribution in [2.24, 2.45) is 11.7 Å². The molecule has 8 heteroatoms. The van der Waals surface area contributed by atoms with Crippen LogP contribution in [-0.2, 0) is 22.4 Å². The number of thiophene rings is 1. The molecule has 2 N–H and O–H groups in total. The molecule has 3 aliphatic rings. The molecule has 0 unspecified atom stereocenters. The van der Waals surface area contributed by atoms with Gasteiger partial charge in [0, 0.05) is 29.9 Å². The van der Waals surface area contributed by atoms with Crippen molar-refractivity contribution in [3.8, 4) is 5.88 Å². The minimum absolute atomic E-state index is 0.0997. The number of fused-ring (bicyclic) bond motifs is 3. The van der Waals surface area contributed by atoms with Gasteiger partial charge in [-0.05, 0) is 50.5 Å². The van der Waals surface area contributed by atoms with Crippen LogP contribution in [0.3, 0.4) is 0 Å². The van der Waals surface area contributed by atoms with Crippen LogP contribution in [0.2, 0.25) is 0 Å². The average Bonchev–Trinajstić information content (AvgIpc) is 3.13. The van der Waals surface area contributed by atoms with E-state index in [2.05, 4.69) is 14.9 Å². The molecule has 0 aromatic carbocycles. The lowest BCUT2D eigenvalue weighted by molar-refractivity contribution is -0.122. The minimum Gasteiger partial charge on any atom is -0.474 e. The molecule has 1 amide bonds. The van der Waals surface area contributed by atoms with E-state index in [9.17, 15) is 4.79 Å². The SMILES string of the molecule is NC(=O)[C@@H]1CCc2sc3ncnc(O[C@H]4CC[C@H](N5CCOCC5)CC4)c3c2C1. The van der Waals surface area contributed by atoms with Crippen LogP contribution >= 0.6 is 11.3 Å². The van der Waals surface area contributed by atoms with Gasteiger partial charge in [0.25, 0.3) is 0 Å². The first-order chi connectivity index (χ1) is 14.2. The lowest BCUT2D eigenvalue weighted by atomic mass is 9.87. The van der Waals surface area contributed by atoms with E-state index >= 15 is 0 Å². The zero-order valence-electron chi connectivity index (χ0n) is 16.6. The smallest absolute Gasteiger partial charge is 0.225 e. The summed E-state index contributed by atoms with van der Waals surface area (Å²) >= 11 is 1.71. The molecule has 0 spiro atoms. The van der Waals surface area contributed by atoms with E-state index < -0.39 is 0 Å². The number of morpholine rings is 1. The second-order valence-electron chi connectivity index (χ2n) is 8.40. The highest BCUT2D eigenvalue weighted by molar-refractivity contribution is 7.18. The summed E-state index contributed by atoms with van der Waals surface area (Å²) in [6, 6.07) is 0.648. The van der Waals surface area contributed by atoms with Crippen molar-refractivity contribution in [1.29, 1.82) is 0 Å². The highest BCUT2D eigenvalue weighted by atomic mass is 32.1. The molecule has 3 heterocycles. The van der Waals surface area contributed by atoms with E-state index in [0.717, 1.165) is 75.0 Å². The molecule has 0 radical (unpaired) electrons. The molecular weight excluding hydrogens is 388 g/mol. The molecule has 5 rings (SSSR count). The Bertz CT molecular complexity index is 887. The maximum Gasteiger partial charge on any atom is 0.225 e. The summed E-state index contributed by atoms with van der Waals surface area (Å²) in [4.78, 5) is 25.5. The molecule has 2 fully saturated rings. The van der Waals surface area contributed by atoms with Gasteiger partial charge in [0.15, 0.2) is 0 Å². The van der Waals surface area contributed by atoms with Gasteiger partial charge in [0.1, 0.15) is 17.3 Å². The molecule has 1 saturated carbocycles. The number of aryl methyl sites for hydroxylation is 1. The molecule has 1 saturated heterocycles. The fraction of sp³-hybridized carbons (Fsp3) is 0.667. The third-order valence-electron chi connectivity index (χ3n) is 6.69. The van der Waals surface area contributed by atoms with Crippen molar-refractivity contribution in [2.45, 2.75) is 57.1 Å². The van der Waals surface area contributed by atoms with Gasteiger partial charge in [-0.1, -0.05) is 0 Å². The summed E-state index contributed by atoms with van der Waals surface area (Å²) in [5, 5.41) is 1.01. The standard InChI is InChI=1S/C21H28N4O3S/c22-19(26)13-1-6-17-16(11-13)18-20(23-12-24-21(18)29-17)28-15-4-2-14(3-5-15)25-7-9-27-10-8-25/h12-15H,1-11H2,(H2,22,26)/t13-,14-,15-/m1/s1. The number of rotatable bonds is 4. The van der Waals surface area contributed by atoms with Crippen molar-refractivity contribution in [3.05, 3.63) is 16.8 Å². The maximum atomic E-state index is 11.7. The van der Waals surface area contributed by atoms with Crippen LogP contribution in [-0.4, -0.2) is 59.2 Å². The molecule has 7 nitrogen and oxygen atoms in total. The van der Waals surface area contributed by atoms with Gasteiger partial charge in [-0.2, -0.15) is 0 Å². The Morgan fingerprint density at radius 3 is 2.72 bits per heavy atom. The van der Waals surface area contributed by atoms with Gasteiger partial charge in [-0.15, -0.1) is 11.3 Å². The number of carbonyl (C=O) groups is 1. The van der Waals surface area contributed by atoms with E-state index in [0.29, 0.717) is 18.3 Å². The molecule has 29 heavy (non-hydrogen) atoms. The van der Waals surface area contributed by atoms with Crippen molar-refractivity contribution in [1.82, 2.24) is 14.9 Å². The largest absolute Gasteiger partial charge is 0.474 e. The summed E-state index contributed by atoms with van der Waals surface area (Å²) in [5.41, 5.74) is 6.77. The van der Waals surface area contributed by atoms with E-state index in [1.807, 2.05) is 0 Å². The Labute approximate surface area is 174 Å². The van der Waals surface area contributed by atoms with Crippen LogP contribution in [0.15, 0.2) is 6.33 Å². The molecular formula is C21H28N4O3S. The molecule has 2 aliphatic carbocycles. The predicted molar refractivity (Wildman–Crippen MR) is 111 cm³/mol. The van der Waals surface area contributed by atoms with E-state index in [4.69, 9.17) is 15.2 Å². The number of hydrogen-bond donors (Lipinski definition) is 1. The number of aromatic nitrogens is 2. The van der Waals surface area contributed by atoms with Crippen LogP contribution in [0.1, 0.15) is 42.5 Å². The average molecular weight is 417 g/mol. The summed E-state index contributed by atoms with van der Waals surface area (Å²) in [5.74, 6) is 0.375. The van der Waals surface area contributed by atoms with Gasteiger partial charge >= 0.3 is 0 Å². The monoisotopic (exact) mass is 416 g/mol. The third-order valence-corrected chi connectivity index (χ3v) is 7.89. The number of nitrogens with two attached hydrogens (primary N) is 1. The van der Waals surface area contributed by atoms with Crippen LogP contribution < -0.4 is 10.5 Å². The van der Waals surface area contributed by atoms with E-state index in [1.54, 1.807) is 17.7 Å². The van der Waals surface area contributed by atoms with Gasteiger partial charge < -0.3 is 15.2 Å². The van der Waals surface area contributed by atoms with Gasteiger partial charge in [0.05, 0.1) is 18.6 Å². The summed E-state index contributed by atoms with van der Waals surface area (Å²) in [6.07, 6.45) is 8.58. The van der Waals surface area contributed by atoms with Gasteiger partial charge in [-0.25, -0.2) is 9.97 Å². The predicted octanol–water partition coefficient (Wildman–Crippen LogP) is 2.30. The summed E-state index contributed by atoms with van der Waals surface area (Å²) < 4.78 is 11.9. The number of nitrogens with zero attached hydrogens (tertiary/aromatic N) is 3. The quantitative estimate of drug-likeness (QED) is 0.823. The first-order valence-corrected chi connectivity index (χ1v) is 11.5. The number of ether oxygens (including phenoxy) is 2. The Kier molecular flexibility index (Phi) is 5.41. The lowest BCUT2D eigenvalue weighted by Crippen LogP contribution is -2.46. The molecule has 1 atom stereocenters. The van der Waals surface area contributed by atoms with Gasteiger partial charge in [-0.3, -0.25) is 9.69 Å². The molecule has 1 aliphatic heterocycles. The molecule has 2 aromatic rings. The van der Waals surface area contributed by atoms with Crippen molar-refractivity contribution < 1.29 is 14.3 Å². The van der Waals surface area contributed by atoms with E-state index in [-0.39, 0.29) is 17.9 Å². The summed E-state index contributed by atoms with van der Waals surface area (Å²) in [6.45, 7) is 3.80. The number of primary amides is 1. The first-order valence-electron chi connectivity index (χ1n) is 10.7. The second-order valence-corrected chi connectivity index (χ2v) is 9.49. The van der Waals surface area contributed by atoms with Gasteiger partial charge in [0.2, 0.25) is 11.8 Å². The van der Waals surface area contributed by atoms with Crippen LogP contribution in [0.25, 0.3) is 10.2 Å². The normalized spacial score (nSPS) is 28.2. The topological polar surface area (TPSA) is 90.6 Å². The van der Waals surface area contributed by atoms with Crippen LogP contribution in [0.4, 0.5) is 0 Å². The van der Waals surface area contributed by atoms with Crippen molar-refractivity contribution in [3.63, 3.8) is 0 Å². The van der Waals surface area contributed by atoms with Crippen LogP contribution in [0, 0.1) is 5.92 Å². The number of amides is 1.